The lowest BCUT2D eigenvalue weighted by Crippen LogP contribution is -2.25. The second-order valence-electron chi connectivity index (χ2n) is 4.45. The average molecular weight is 257 g/mol. The van der Waals surface area contributed by atoms with Crippen molar-refractivity contribution < 1.29 is 4.79 Å². The molecule has 0 saturated carbocycles. The Morgan fingerprint density at radius 3 is 2.42 bits per heavy atom. The van der Waals surface area contributed by atoms with Gasteiger partial charge in [0.25, 0.3) is 0 Å². The van der Waals surface area contributed by atoms with E-state index in [1.165, 1.54) is 0 Å². The molecule has 1 aromatic carbocycles. The first kappa shape index (κ1) is 11.7. The van der Waals surface area contributed by atoms with Crippen LogP contribution < -0.4 is 16.1 Å². The third kappa shape index (κ3) is 2.73. The maximum absolute atomic E-state index is 11.0. The highest BCUT2D eigenvalue weighted by molar-refractivity contribution is 6.04. The number of carbonyl (C=O) groups excluding carboxylic acids is 1. The Labute approximate surface area is 111 Å². The van der Waals surface area contributed by atoms with Gasteiger partial charge in [0.15, 0.2) is 5.96 Å². The van der Waals surface area contributed by atoms with Crippen LogP contribution in [0.25, 0.3) is 0 Å². The van der Waals surface area contributed by atoms with E-state index in [0.29, 0.717) is 12.8 Å². The zero-order valence-electron chi connectivity index (χ0n) is 10.4. The summed E-state index contributed by atoms with van der Waals surface area (Å²) in [5.41, 5.74) is 5.33. The van der Waals surface area contributed by atoms with E-state index in [9.17, 15) is 4.79 Å². The normalized spacial score (nSPS) is 18.2. The Hall–Kier alpha value is -2.37. The molecule has 1 fully saturated rings. The molecule has 0 atom stereocenters. The summed E-state index contributed by atoms with van der Waals surface area (Å²) in [6, 6.07) is 7.85. The first-order valence-corrected chi connectivity index (χ1v) is 6.33. The van der Waals surface area contributed by atoms with Crippen LogP contribution in [0, 0.1) is 0 Å². The van der Waals surface area contributed by atoms with Crippen LogP contribution in [0.5, 0.6) is 0 Å². The molecule has 19 heavy (non-hydrogen) atoms. The Bertz CT molecular complexity index is 539. The number of nitrogens with zero attached hydrogens (tertiary/aromatic N) is 2. The van der Waals surface area contributed by atoms with Gasteiger partial charge in [-0.25, -0.2) is 10.4 Å². The Morgan fingerprint density at radius 1 is 1.05 bits per heavy atom. The fourth-order valence-electron chi connectivity index (χ4n) is 2.04. The number of carbonyl (C=O) groups is 1. The van der Waals surface area contributed by atoms with E-state index < -0.39 is 0 Å². The minimum absolute atomic E-state index is 0.0230. The number of benzene rings is 1. The molecule has 0 spiro atoms. The highest BCUT2D eigenvalue weighted by Gasteiger charge is 2.13. The van der Waals surface area contributed by atoms with Gasteiger partial charge in [-0.05, 0) is 17.7 Å². The molecule has 0 aliphatic carbocycles. The molecule has 3 N–H and O–H groups in total. The number of hydrogen-bond donors (Lipinski definition) is 3. The van der Waals surface area contributed by atoms with E-state index in [-0.39, 0.29) is 5.91 Å². The average Bonchev–Trinajstić information content (AvgIpc) is 2.94. The molecule has 1 amide bonds. The van der Waals surface area contributed by atoms with Crippen LogP contribution in [-0.4, -0.2) is 30.7 Å². The van der Waals surface area contributed by atoms with Gasteiger partial charge in [0.2, 0.25) is 5.91 Å². The van der Waals surface area contributed by atoms with E-state index in [2.05, 4.69) is 26.2 Å². The van der Waals surface area contributed by atoms with Crippen LogP contribution in [-0.2, 0) is 4.79 Å². The predicted octanol–water partition coefficient (Wildman–Crippen LogP) is 0.481. The molecule has 1 saturated heterocycles. The quantitative estimate of drug-likeness (QED) is 0.721. The van der Waals surface area contributed by atoms with Crippen molar-refractivity contribution in [2.45, 2.75) is 12.8 Å². The molecular formula is C13H15N5O. The number of hydrogen-bond acceptors (Lipinski definition) is 3. The molecule has 1 aromatic rings. The summed E-state index contributed by atoms with van der Waals surface area (Å²) in [6.07, 6.45) is 1.18. The lowest BCUT2D eigenvalue weighted by Gasteiger charge is -2.12. The summed E-state index contributed by atoms with van der Waals surface area (Å²) in [6.45, 7) is 1.82. The third-order valence-electron chi connectivity index (χ3n) is 3.06. The monoisotopic (exact) mass is 257 g/mol. The van der Waals surface area contributed by atoms with Crippen molar-refractivity contribution in [3.05, 3.63) is 29.8 Å². The van der Waals surface area contributed by atoms with Gasteiger partial charge in [0.1, 0.15) is 0 Å². The number of nitrogens with one attached hydrogen (secondary N) is 3. The molecule has 2 aliphatic heterocycles. The highest BCUT2D eigenvalue weighted by Crippen LogP contribution is 2.16. The van der Waals surface area contributed by atoms with Gasteiger partial charge in [-0.3, -0.25) is 4.79 Å². The van der Waals surface area contributed by atoms with E-state index in [0.717, 1.165) is 36.0 Å². The number of aliphatic imine (C=N–C) groups is 1. The van der Waals surface area contributed by atoms with Gasteiger partial charge in [-0.2, -0.15) is 5.10 Å². The largest absolute Gasteiger partial charge is 0.354 e. The van der Waals surface area contributed by atoms with E-state index in [1.807, 2.05) is 24.3 Å². The smallest absolute Gasteiger partial charge is 0.240 e. The molecule has 6 heteroatoms. The molecule has 98 valence electrons. The van der Waals surface area contributed by atoms with Crippen LogP contribution in [0.1, 0.15) is 18.4 Å². The topological polar surface area (TPSA) is 77.9 Å². The van der Waals surface area contributed by atoms with Gasteiger partial charge < -0.3 is 10.6 Å². The van der Waals surface area contributed by atoms with E-state index in [4.69, 9.17) is 0 Å². The molecule has 3 rings (SSSR count). The number of guanidine groups is 1. The summed E-state index contributed by atoms with van der Waals surface area (Å²) in [5.74, 6) is 0.792. The standard InChI is InChI=1S/C13H15N5O/c19-12-6-5-11(17-18-12)9-1-3-10(4-2-9)16-13-14-7-8-15-13/h1-4H,5-8H2,(H,18,19)(H2,14,15,16). The second-order valence-corrected chi connectivity index (χ2v) is 4.45. The first-order chi connectivity index (χ1) is 9.31. The second kappa shape index (κ2) is 5.09. The summed E-state index contributed by atoms with van der Waals surface area (Å²) < 4.78 is 0. The van der Waals surface area contributed by atoms with Crippen molar-refractivity contribution in [3.8, 4) is 0 Å². The van der Waals surface area contributed by atoms with Crippen LogP contribution in [0.2, 0.25) is 0 Å². The molecule has 2 heterocycles. The first-order valence-electron chi connectivity index (χ1n) is 6.33. The molecular weight excluding hydrogens is 242 g/mol. The highest BCUT2D eigenvalue weighted by atomic mass is 16.2. The van der Waals surface area contributed by atoms with Crippen LogP contribution in [0.4, 0.5) is 5.69 Å². The number of amides is 1. The molecule has 6 nitrogen and oxygen atoms in total. The molecule has 0 unspecified atom stereocenters. The van der Waals surface area contributed by atoms with Crippen LogP contribution in [0.3, 0.4) is 0 Å². The summed E-state index contributed by atoms with van der Waals surface area (Å²) >= 11 is 0. The van der Waals surface area contributed by atoms with E-state index >= 15 is 0 Å². The van der Waals surface area contributed by atoms with Gasteiger partial charge in [0, 0.05) is 25.9 Å². The van der Waals surface area contributed by atoms with Crippen molar-refractivity contribution in [2.24, 2.45) is 10.1 Å². The van der Waals surface area contributed by atoms with Crippen molar-refractivity contribution in [2.75, 3.05) is 13.1 Å². The van der Waals surface area contributed by atoms with Gasteiger partial charge in [-0.15, -0.1) is 0 Å². The van der Waals surface area contributed by atoms with Crippen molar-refractivity contribution >= 4 is 23.3 Å². The lowest BCUT2D eigenvalue weighted by atomic mass is 10.0. The van der Waals surface area contributed by atoms with E-state index in [1.54, 1.807) is 0 Å². The van der Waals surface area contributed by atoms with Gasteiger partial charge in [0.05, 0.1) is 11.4 Å². The van der Waals surface area contributed by atoms with Crippen LogP contribution >= 0.6 is 0 Å². The van der Waals surface area contributed by atoms with Crippen molar-refractivity contribution in [3.63, 3.8) is 0 Å². The number of hydrazone groups is 1. The number of rotatable bonds is 2. The van der Waals surface area contributed by atoms with Crippen molar-refractivity contribution in [1.82, 2.24) is 16.1 Å². The minimum Gasteiger partial charge on any atom is -0.354 e. The summed E-state index contributed by atoms with van der Waals surface area (Å²) in [7, 11) is 0. The van der Waals surface area contributed by atoms with Crippen molar-refractivity contribution in [1.29, 1.82) is 0 Å². The summed E-state index contributed by atoms with van der Waals surface area (Å²) in [4.78, 5) is 15.5. The molecule has 0 aromatic heterocycles. The zero-order chi connectivity index (χ0) is 13.1. The van der Waals surface area contributed by atoms with Crippen LogP contribution in [0.15, 0.2) is 34.4 Å². The molecule has 2 aliphatic rings. The molecule has 0 radical (unpaired) electrons. The summed E-state index contributed by atoms with van der Waals surface area (Å²) in [5, 5.41) is 10.4. The maximum Gasteiger partial charge on any atom is 0.240 e. The third-order valence-corrected chi connectivity index (χ3v) is 3.06. The predicted molar refractivity (Wildman–Crippen MR) is 73.5 cm³/mol. The Kier molecular flexibility index (Phi) is 3.14. The SMILES string of the molecule is O=C1CCC(c2ccc(N=C3NCCN3)cc2)=NN1. The Balaban J connectivity index is 1.75. The minimum atomic E-state index is -0.0230. The van der Waals surface area contributed by atoms with Gasteiger partial charge >= 0.3 is 0 Å². The van der Waals surface area contributed by atoms with Gasteiger partial charge in [-0.1, -0.05) is 12.1 Å². The fraction of sp³-hybridized carbons (Fsp3) is 0.308. The maximum atomic E-state index is 11.0. The Morgan fingerprint density at radius 2 is 1.79 bits per heavy atom. The lowest BCUT2D eigenvalue weighted by molar-refractivity contribution is -0.121. The molecule has 0 bridgehead atoms. The zero-order valence-corrected chi connectivity index (χ0v) is 10.4. The fourth-order valence-corrected chi connectivity index (χ4v) is 2.04.